The van der Waals surface area contributed by atoms with Gasteiger partial charge in [-0.25, -0.2) is 9.67 Å². The quantitative estimate of drug-likeness (QED) is 0.529. The van der Waals surface area contributed by atoms with E-state index in [4.69, 9.17) is 11.6 Å². The molecule has 4 rings (SSSR count). The van der Waals surface area contributed by atoms with Crippen molar-refractivity contribution in [3.05, 3.63) is 74.4 Å². The average Bonchev–Trinajstić information content (AvgIpc) is 3.21. The third-order valence-electron chi connectivity index (χ3n) is 4.37. The maximum absolute atomic E-state index is 12.8. The molecule has 0 bridgehead atoms. The fourth-order valence-corrected chi connectivity index (χ4v) is 4.18. The van der Waals surface area contributed by atoms with E-state index >= 15 is 0 Å². The first-order valence-corrected chi connectivity index (χ1v) is 9.55. The summed E-state index contributed by atoms with van der Waals surface area (Å²) in [6, 6.07) is 11.6. The molecule has 0 atom stereocenters. The van der Waals surface area contributed by atoms with Crippen molar-refractivity contribution in [3.8, 4) is 5.69 Å². The third kappa shape index (κ3) is 2.85. The zero-order valence-electron chi connectivity index (χ0n) is 14.4. The molecule has 132 valence electrons. The molecular formula is C19H17ClN4OS. The average molecular weight is 385 g/mol. The molecule has 5 nitrogen and oxygen atoms in total. The molecule has 0 N–H and O–H groups in total. The number of aryl methyl sites for hydroxylation is 2. The van der Waals surface area contributed by atoms with Gasteiger partial charge in [0.1, 0.15) is 9.98 Å². The number of aromatic nitrogens is 4. The lowest BCUT2D eigenvalue weighted by atomic mass is 10.2. The normalized spacial score (nSPS) is 11.3. The van der Waals surface area contributed by atoms with E-state index in [0.29, 0.717) is 17.1 Å². The van der Waals surface area contributed by atoms with Gasteiger partial charge in [0, 0.05) is 10.4 Å². The Kier molecular flexibility index (Phi) is 4.38. The molecule has 0 aliphatic rings. The van der Waals surface area contributed by atoms with Gasteiger partial charge in [-0.15, -0.1) is 11.3 Å². The molecule has 3 heterocycles. The van der Waals surface area contributed by atoms with Crippen LogP contribution in [0.2, 0.25) is 5.15 Å². The fraction of sp³-hybridized carbons (Fsp3) is 0.211. The van der Waals surface area contributed by atoms with Gasteiger partial charge in [0.15, 0.2) is 0 Å². The number of para-hydroxylation sites is 1. The molecule has 0 saturated carbocycles. The van der Waals surface area contributed by atoms with E-state index in [-0.39, 0.29) is 5.56 Å². The monoisotopic (exact) mass is 384 g/mol. The van der Waals surface area contributed by atoms with Crippen molar-refractivity contribution < 1.29 is 0 Å². The van der Waals surface area contributed by atoms with Crippen LogP contribution in [-0.2, 0) is 13.0 Å². The van der Waals surface area contributed by atoms with Crippen LogP contribution in [0, 0.1) is 6.92 Å². The lowest BCUT2D eigenvalue weighted by Gasteiger charge is -2.06. The van der Waals surface area contributed by atoms with Crippen molar-refractivity contribution >= 4 is 33.2 Å². The molecule has 0 amide bonds. The maximum atomic E-state index is 12.8. The highest BCUT2D eigenvalue weighted by Crippen LogP contribution is 2.25. The Balaban J connectivity index is 1.76. The lowest BCUT2D eigenvalue weighted by Crippen LogP contribution is -2.20. The molecule has 0 saturated heterocycles. The smallest absolute Gasteiger partial charge is 0.262 e. The van der Waals surface area contributed by atoms with Gasteiger partial charge in [0.25, 0.3) is 5.56 Å². The second-order valence-electron chi connectivity index (χ2n) is 6.06. The molecule has 0 aliphatic heterocycles. The van der Waals surface area contributed by atoms with Crippen LogP contribution in [0.25, 0.3) is 15.9 Å². The van der Waals surface area contributed by atoms with Crippen LogP contribution in [0.5, 0.6) is 0 Å². The molecular weight excluding hydrogens is 368 g/mol. The zero-order valence-corrected chi connectivity index (χ0v) is 16.0. The summed E-state index contributed by atoms with van der Waals surface area (Å²) in [7, 11) is 0. The number of hydrogen-bond acceptors (Lipinski definition) is 4. The number of halogens is 1. The Morgan fingerprint density at radius 2 is 2.00 bits per heavy atom. The Bertz CT molecular complexity index is 1140. The van der Waals surface area contributed by atoms with Gasteiger partial charge in [0.05, 0.1) is 29.6 Å². The Morgan fingerprint density at radius 1 is 1.23 bits per heavy atom. The molecule has 0 aliphatic carbocycles. The van der Waals surface area contributed by atoms with E-state index in [1.165, 1.54) is 0 Å². The Labute approximate surface area is 159 Å². The second-order valence-corrected chi connectivity index (χ2v) is 7.54. The molecule has 0 fully saturated rings. The predicted octanol–water partition coefficient (Wildman–Crippen LogP) is 4.22. The SMILES string of the molecule is CCc1cc2c(=O)n(Cc3c(C)nn(-c4ccccc4)c3Cl)cnc2s1. The number of hydrogen-bond donors (Lipinski definition) is 0. The van der Waals surface area contributed by atoms with E-state index in [2.05, 4.69) is 17.0 Å². The summed E-state index contributed by atoms with van der Waals surface area (Å²) in [4.78, 5) is 19.2. The molecule has 0 spiro atoms. The Hall–Kier alpha value is -2.44. The van der Waals surface area contributed by atoms with Gasteiger partial charge in [-0.05, 0) is 31.5 Å². The van der Waals surface area contributed by atoms with E-state index < -0.39 is 0 Å². The van der Waals surface area contributed by atoms with E-state index in [0.717, 1.165) is 33.1 Å². The summed E-state index contributed by atoms with van der Waals surface area (Å²) in [5.74, 6) is 0. The first-order chi connectivity index (χ1) is 12.6. The van der Waals surface area contributed by atoms with E-state index in [1.807, 2.05) is 43.3 Å². The summed E-state index contributed by atoms with van der Waals surface area (Å²) < 4.78 is 3.29. The van der Waals surface area contributed by atoms with Crippen molar-refractivity contribution in [1.29, 1.82) is 0 Å². The van der Waals surface area contributed by atoms with Crippen molar-refractivity contribution in [2.75, 3.05) is 0 Å². The number of nitrogens with zero attached hydrogens (tertiary/aromatic N) is 4. The minimum Gasteiger partial charge on any atom is -0.294 e. The molecule has 0 unspecified atom stereocenters. The molecule has 1 aromatic carbocycles. The van der Waals surface area contributed by atoms with Gasteiger partial charge in [0.2, 0.25) is 0 Å². The summed E-state index contributed by atoms with van der Waals surface area (Å²) in [6.45, 7) is 4.32. The van der Waals surface area contributed by atoms with Crippen LogP contribution >= 0.6 is 22.9 Å². The van der Waals surface area contributed by atoms with Gasteiger partial charge >= 0.3 is 0 Å². The lowest BCUT2D eigenvalue weighted by molar-refractivity contribution is 0.745. The number of thiophene rings is 1. The van der Waals surface area contributed by atoms with Gasteiger partial charge < -0.3 is 0 Å². The van der Waals surface area contributed by atoms with Crippen molar-refractivity contribution in [2.45, 2.75) is 26.8 Å². The van der Waals surface area contributed by atoms with Gasteiger partial charge in [-0.2, -0.15) is 5.10 Å². The van der Waals surface area contributed by atoms with Crippen molar-refractivity contribution in [3.63, 3.8) is 0 Å². The summed E-state index contributed by atoms with van der Waals surface area (Å²) in [5, 5.41) is 5.72. The number of fused-ring (bicyclic) bond motifs is 1. The highest BCUT2D eigenvalue weighted by molar-refractivity contribution is 7.18. The topological polar surface area (TPSA) is 52.7 Å². The van der Waals surface area contributed by atoms with Gasteiger partial charge in [-0.3, -0.25) is 9.36 Å². The fourth-order valence-electron chi connectivity index (χ4n) is 2.92. The van der Waals surface area contributed by atoms with Crippen LogP contribution in [0.4, 0.5) is 0 Å². The van der Waals surface area contributed by atoms with Crippen LogP contribution in [-0.4, -0.2) is 19.3 Å². The highest BCUT2D eigenvalue weighted by atomic mass is 35.5. The summed E-state index contributed by atoms with van der Waals surface area (Å²) in [5.41, 5.74) is 2.46. The standard InChI is InChI=1S/C19H17ClN4OS/c1-3-14-9-15-18(26-14)21-11-23(19(15)25)10-16-12(2)22-24(17(16)20)13-7-5-4-6-8-13/h4-9,11H,3,10H2,1-2H3. The number of rotatable bonds is 4. The van der Waals surface area contributed by atoms with Crippen LogP contribution in [0.3, 0.4) is 0 Å². The predicted molar refractivity (Wildman–Crippen MR) is 106 cm³/mol. The Morgan fingerprint density at radius 3 is 2.73 bits per heavy atom. The first kappa shape index (κ1) is 17.0. The number of benzene rings is 1. The molecule has 3 aromatic heterocycles. The van der Waals surface area contributed by atoms with E-state index in [9.17, 15) is 4.79 Å². The zero-order chi connectivity index (χ0) is 18.3. The second kappa shape index (κ2) is 6.70. The highest BCUT2D eigenvalue weighted by Gasteiger charge is 2.17. The maximum Gasteiger partial charge on any atom is 0.262 e. The molecule has 4 aromatic rings. The molecule has 26 heavy (non-hydrogen) atoms. The van der Waals surface area contributed by atoms with Crippen LogP contribution < -0.4 is 5.56 Å². The molecule has 7 heteroatoms. The first-order valence-electron chi connectivity index (χ1n) is 8.35. The third-order valence-corrected chi connectivity index (χ3v) is 5.94. The molecule has 0 radical (unpaired) electrons. The summed E-state index contributed by atoms with van der Waals surface area (Å²) in [6.07, 6.45) is 2.49. The van der Waals surface area contributed by atoms with Crippen molar-refractivity contribution in [2.24, 2.45) is 0 Å². The minimum absolute atomic E-state index is 0.0473. The minimum atomic E-state index is -0.0473. The van der Waals surface area contributed by atoms with Crippen LogP contribution in [0.15, 0.2) is 47.5 Å². The largest absolute Gasteiger partial charge is 0.294 e. The summed E-state index contributed by atoms with van der Waals surface area (Å²) >= 11 is 8.15. The van der Waals surface area contributed by atoms with Gasteiger partial charge in [-0.1, -0.05) is 36.7 Å². The van der Waals surface area contributed by atoms with E-state index in [1.54, 1.807) is 26.9 Å². The van der Waals surface area contributed by atoms with Crippen molar-refractivity contribution in [1.82, 2.24) is 19.3 Å². The van der Waals surface area contributed by atoms with Crippen LogP contribution in [0.1, 0.15) is 23.1 Å².